The number of nitrogens with zero attached hydrogens (tertiary/aromatic N) is 1. The number of anilines is 1. The second-order valence-corrected chi connectivity index (χ2v) is 7.12. The van der Waals surface area contributed by atoms with Crippen LogP contribution in [0.1, 0.15) is 30.5 Å². The molecule has 0 spiro atoms. The van der Waals surface area contributed by atoms with Gasteiger partial charge in [0.05, 0.1) is 0 Å². The van der Waals surface area contributed by atoms with E-state index in [1.54, 1.807) is 13.1 Å². The third-order valence-electron chi connectivity index (χ3n) is 4.31. The summed E-state index contributed by atoms with van der Waals surface area (Å²) in [6.07, 6.45) is 0.783. The van der Waals surface area contributed by atoms with Gasteiger partial charge in [0.2, 0.25) is 0 Å². The van der Waals surface area contributed by atoms with E-state index in [0.717, 1.165) is 28.8 Å². The van der Waals surface area contributed by atoms with Gasteiger partial charge in [-0.2, -0.15) is 0 Å². The molecule has 0 saturated carbocycles. The lowest BCUT2D eigenvalue weighted by Crippen LogP contribution is -2.37. The first-order valence-corrected chi connectivity index (χ1v) is 9.73. The minimum Gasteiger partial charge on any atom is -0.356 e. The number of urea groups is 1. The van der Waals surface area contributed by atoms with Crippen molar-refractivity contribution in [3.8, 4) is 0 Å². The molecule has 0 aliphatic heterocycles. The first-order chi connectivity index (χ1) is 13.9. The molecular formula is C22H30FN5O. The Bertz CT molecular complexity index is 834. The minimum absolute atomic E-state index is 0.0877. The van der Waals surface area contributed by atoms with Crippen molar-refractivity contribution < 1.29 is 9.18 Å². The van der Waals surface area contributed by atoms with Gasteiger partial charge in [0.1, 0.15) is 5.82 Å². The first kappa shape index (κ1) is 22.2. The number of aliphatic imine (C=N–C) groups is 1. The van der Waals surface area contributed by atoms with E-state index < -0.39 is 0 Å². The summed E-state index contributed by atoms with van der Waals surface area (Å²) in [5, 5.41) is 12.1. The fraction of sp³-hybridized carbons (Fsp3) is 0.364. The number of aryl methyl sites for hydroxylation is 1. The molecule has 0 heterocycles. The Morgan fingerprint density at radius 1 is 1.10 bits per heavy atom. The Kier molecular flexibility index (Phi) is 8.45. The van der Waals surface area contributed by atoms with E-state index in [0.29, 0.717) is 19.0 Å². The molecule has 4 N–H and O–H groups in total. The molecule has 0 saturated heterocycles. The Morgan fingerprint density at radius 2 is 1.83 bits per heavy atom. The largest absolute Gasteiger partial charge is 0.356 e. The Morgan fingerprint density at radius 3 is 2.45 bits per heavy atom. The molecule has 156 valence electrons. The van der Waals surface area contributed by atoms with Crippen LogP contribution >= 0.6 is 0 Å². The third-order valence-corrected chi connectivity index (χ3v) is 4.31. The fourth-order valence-electron chi connectivity index (χ4n) is 2.80. The molecule has 0 atom stereocenters. The van der Waals surface area contributed by atoms with Crippen molar-refractivity contribution in [1.29, 1.82) is 0 Å². The van der Waals surface area contributed by atoms with E-state index in [1.165, 1.54) is 6.07 Å². The predicted molar refractivity (Wildman–Crippen MR) is 117 cm³/mol. The maximum Gasteiger partial charge on any atom is 0.319 e. The van der Waals surface area contributed by atoms with Gasteiger partial charge in [-0.25, -0.2) is 9.18 Å². The molecule has 2 aromatic carbocycles. The topological polar surface area (TPSA) is 77.6 Å². The average molecular weight is 400 g/mol. The first-order valence-electron chi connectivity index (χ1n) is 9.73. The van der Waals surface area contributed by atoms with Crippen molar-refractivity contribution in [3.05, 3.63) is 65.0 Å². The molecule has 0 fully saturated rings. The van der Waals surface area contributed by atoms with Crippen LogP contribution in [0.4, 0.5) is 14.9 Å². The zero-order valence-electron chi connectivity index (χ0n) is 17.5. The van der Waals surface area contributed by atoms with E-state index in [2.05, 4.69) is 26.3 Å². The highest BCUT2D eigenvalue weighted by Gasteiger charge is 2.04. The number of rotatable bonds is 7. The number of nitrogens with one attached hydrogen (secondary N) is 4. The molecular weight excluding hydrogens is 369 g/mol. The lowest BCUT2D eigenvalue weighted by molar-refractivity contribution is 0.250. The van der Waals surface area contributed by atoms with Crippen molar-refractivity contribution in [1.82, 2.24) is 16.0 Å². The highest BCUT2D eigenvalue weighted by molar-refractivity contribution is 5.89. The zero-order chi connectivity index (χ0) is 21.2. The van der Waals surface area contributed by atoms with E-state index in [9.17, 15) is 9.18 Å². The molecule has 0 bridgehead atoms. The smallest absolute Gasteiger partial charge is 0.319 e. The second kappa shape index (κ2) is 11.0. The van der Waals surface area contributed by atoms with Gasteiger partial charge in [0, 0.05) is 31.9 Å². The Balaban J connectivity index is 1.77. The number of hydrogen-bond donors (Lipinski definition) is 4. The normalized spacial score (nSPS) is 11.3. The lowest BCUT2D eigenvalue weighted by Gasteiger charge is -2.13. The number of guanidine groups is 1. The molecule has 2 amide bonds. The van der Waals surface area contributed by atoms with Gasteiger partial charge in [0.25, 0.3) is 0 Å². The van der Waals surface area contributed by atoms with Crippen molar-refractivity contribution in [2.75, 3.05) is 18.9 Å². The monoisotopic (exact) mass is 399 g/mol. The Labute approximate surface area is 172 Å². The summed E-state index contributed by atoms with van der Waals surface area (Å²) in [7, 11) is 1.72. The fourth-order valence-corrected chi connectivity index (χ4v) is 2.80. The van der Waals surface area contributed by atoms with E-state index in [4.69, 9.17) is 0 Å². The number of benzene rings is 2. The number of halogens is 1. The SMILES string of the molecule is CN=C(NCCc1ccc(F)cc1C)NCc1ccc(NC(=O)NC(C)C)cc1. The van der Waals surface area contributed by atoms with Gasteiger partial charge in [0.15, 0.2) is 5.96 Å². The van der Waals surface area contributed by atoms with Crippen LogP contribution in [0, 0.1) is 12.7 Å². The van der Waals surface area contributed by atoms with E-state index >= 15 is 0 Å². The van der Waals surface area contributed by atoms with Gasteiger partial charge in [-0.05, 0) is 68.1 Å². The molecule has 29 heavy (non-hydrogen) atoms. The van der Waals surface area contributed by atoms with Crippen molar-refractivity contribution >= 4 is 17.7 Å². The van der Waals surface area contributed by atoms with Gasteiger partial charge < -0.3 is 21.3 Å². The lowest BCUT2D eigenvalue weighted by atomic mass is 10.1. The standard InChI is InChI=1S/C22H30FN5O/c1-15(2)27-22(29)28-20-9-5-17(6-10-20)14-26-21(24-4)25-12-11-18-7-8-19(23)13-16(18)3/h5-10,13,15H,11-12,14H2,1-4H3,(H2,24,25,26)(H2,27,28,29). The highest BCUT2D eigenvalue weighted by atomic mass is 19.1. The van der Waals surface area contributed by atoms with Crippen LogP contribution in [0.15, 0.2) is 47.5 Å². The summed E-state index contributed by atoms with van der Waals surface area (Å²) in [6.45, 7) is 7.04. The second-order valence-electron chi connectivity index (χ2n) is 7.12. The summed E-state index contributed by atoms with van der Waals surface area (Å²) in [4.78, 5) is 15.9. The average Bonchev–Trinajstić information content (AvgIpc) is 2.66. The van der Waals surface area contributed by atoms with Crippen LogP contribution in [0.25, 0.3) is 0 Å². The van der Waals surface area contributed by atoms with Gasteiger partial charge in [-0.15, -0.1) is 0 Å². The van der Waals surface area contributed by atoms with Crippen LogP contribution in [0.2, 0.25) is 0 Å². The van der Waals surface area contributed by atoms with Gasteiger partial charge in [-0.1, -0.05) is 18.2 Å². The summed E-state index contributed by atoms with van der Waals surface area (Å²) in [6, 6.07) is 12.4. The molecule has 6 nitrogen and oxygen atoms in total. The van der Waals surface area contributed by atoms with Gasteiger partial charge in [-0.3, -0.25) is 4.99 Å². The molecule has 2 aromatic rings. The summed E-state index contributed by atoms with van der Waals surface area (Å²) < 4.78 is 13.2. The molecule has 0 aromatic heterocycles. The van der Waals surface area contributed by atoms with Crippen LogP contribution in [-0.4, -0.2) is 31.6 Å². The predicted octanol–water partition coefficient (Wildman–Crippen LogP) is 3.57. The number of hydrogen-bond acceptors (Lipinski definition) is 2. The molecule has 0 aliphatic rings. The maximum atomic E-state index is 13.2. The zero-order valence-corrected chi connectivity index (χ0v) is 17.5. The van der Waals surface area contributed by atoms with E-state index in [1.807, 2.05) is 51.1 Å². The quantitative estimate of drug-likeness (QED) is 0.425. The summed E-state index contributed by atoms with van der Waals surface area (Å²) in [5.74, 6) is 0.488. The van der Waals surface area contributed by atoms with Crippen molar-refractivity contribution in [2.24, 2.45) is 4.99 Å². The highest BCUT2D eigenvalue weighted by Crippen LogP contribution is 2.11. The Hall–Kier alpha value is -3.09. The molecule has 7 heteroatoms. The van der Waals surface area contributed by atoms with Crippen LogP contribution < -0.4 is 21.3 Å². The number of carbonyl (C=O) groups is 1. The third kappa shape index (κ3) is 7.81. The van der Waals surface area contributed by atoms with E-state index in [-0.39, 0.29) is 17.9 Å². The van der Waals surface area contributed by atoms with Gasteiger partial charge >= 0.3 is 6.03 Å². The number of carbonyl (C=O) groups excluding carboxylic acids is 1. The van der Waals surface area contributed by atoms with Crippen molar-refractivity contribution in [2.45, 2.75) is 39.8 Å². The molecule has 0 radical (unpaired) electrons. The molecule has 0 unspecified atom stereocenters. The van der Waals surface area contributed by atoms with Crippen LogP contribution in [-0.2, 0) is 13.0 Å². The maximum absolute atomic E-state index is 13.2. The molecule has 0 aliphatic carbocycles. The summed E-state index contributed by atoms with van der Waals surface area (Å²) >= 11 is 0. The van der Waals surface area contributed by atoms with Crippen LogP contribution in [0.3, 0.4) is 0 Å². The van der Waals surface area contributed by atoms with Crippen molar-refractivity contribution in [3.63, 3.8) is 0 Å². The number of amides is 2. The van der Waals surface area contributed by atoms with Crippen LogP contribution in [0.5, 0.6) is 0 Å². The summed E-state index contributed by atoms with van der Waals surface area (Å²) in [5.41, 5.74) is 3.87. The minimum atomic E-state index is -0.216. The molecule has 2 rings (SSSR count).